The largest absolute Gasteiger partial charge is 0.348 e. The van der Waals surface area contributed by atoms with Crippen LogP contribution in [0.5, 0.6) is 0 Å². The highest BCUT2D eigenvalue weighted by molar-refractivity contribution is 7.89. The number of carbonyl (C=O) groups excluding carboxylic acids is 1. The maximum absolute atomic E-state index is 12.2. The van der Waals surface area contributed by atoms with E-state index >= 15 is 0 Å². The lowest BCUT2D eigenvalue weighted by Gasteiger charge is -2.16. The van der Waals surface area contributed by atoms with Gasteiger partial charge in [-0.3, -0.25) is 9.89 Å². The number of amides is 1. The van der Waals surface area contributed by atoms with Gasteiger partial charge in [-0.05, 0) is 25.7 Å². The van der Waals surface area contributed by atoms with Crippen molar-refractivity contribution in [1.29, 1.82) is 0 Å². The number of sulfonamides is 1. The Morgan fingerprint density at radius 1 is 1.40 bits per heavy atom. The number of hydrogen-bond donors (Lipinski definition) is 3. The molecule has 1 aliphatic carbocycles. The fourth-order valence-corrected chi connectivity index (χ4v) is 2.80. The second kappa shape index (κ2) is 5.17. The van der Waals surface area contributed by atoms with Crippen LogP contribution in [0.1, 0.15) is 55.7 Å². The van der Waals surface area contributed by atoms with Gasteiger partial charge in [0.05, 0.1) is 5.69 Å². The molecule has 1 saturated carbocycles. The van der Waals surface area contributed by atoms with Gasteiger partial charge in [0.2, 0.25) is 10.0 Å². The first-order valence-electron chi connectivity index (χ1n) is 6.63. The summed E-state index contributed by atoms with van der Waals surface area (Å²) in [5.74, 6) is -0.169. The Morgan fingerprint density at radius 2 is 2.00 bits per heavy atom. The molecule has 7 nitrogen and oxygen atoms in total. The van der Waals surface area contributed by atoms with Crippen LogP contribution in [-0.2, 0) is 10.0 Å². The highest BCUT2D eigenvalue weighted by atomic mass is 32.2. The van der Waals surface area contributed by atoms with E-state index in [2.05, 4.69) is 15.5 Å². The van der Waals surface area contributed by atoms with Crippen LogP contribution in [0.2, 0.25) is 0 Å². The smallest absolute Gasteiger partial charge is 0.273 e. The Bertz CT molecular complexity index is 617. The normalized spacial score (nSPS) is 17.2. The SMILES string of the molecule is CC(C)C(C)NC(=O)c1n[nH]c(C2CC2)c1S(N)(=O)=O. The predicted octanol–water partition coefficient (Wildman–Crippen LogP) is 0.709. The topological polar surface area (TPSA) is 118 Å². The van der Waals surface area contributed by atoms with E-state index in [9.17, 15) is 13.2 Å². The molecule has 4 N–H and O–H groups in total. The summed E-state index contributed by atoms with van der Waals surface area (Å²) in [6, 6.07) is -0.0862. The number of nitrogens with one attached hydrogen (secondary N) is 2. The number of rotatable bonds is 5. The van der Waals surface area contributed by atoms with Gasteiger partial charge in [-0.15, -0.1) is 0 Å². The summed E-state index contributed by atoms with van der Waals surface area (Å²) >= 11 is 0. The van der Waals surface area contributed by atoms with Crippen molar-refractivity contribution in [3.63, 3.8) is 0 Å². The summed E-state index contributed by atoms with van der Waals surface area (Å²) in [4.78, 5) is 12.0. The molecule has 1 heterocycles. The molecular formula is C12H20N4O3S. The molecule has 0 aromatic carbocycles. The molecule has 0 saturated heterocycles. The van der Waals surface area contributed by atoms with Gasteiger partial charge in [-0.2, -0.15) is 5.10 Å². The van der Waals surface area contributed by atoms with Crippen LogP contribution >= 0.6 is 0 Å². The van der Waals surface area contributed by atoms with Crippen molar-refractivity contribution < 1.29 is 13.2 Å². The maximum Gasteiger partial charge on any atom is 0.273 e. The zero-order valence-corrected chi connectivity index (χ0v) is 12.6. The Kier molecular flexibility index (Phi) is 3.88. The van der Waals surface area contributed by atoms with Gasteiger partial charge in [0.15, 0.2) is 5.69 Å². The van der Waals surface area contributed by atoms with Crippen LogP contribution in [0, 0.1) is 5.92 Å². The Morgan fingerprint density at radius 3 is 2.45 bits per heavy atom. The van der Waals surface area contributed by atoms with Crippen molar-refractivity contribution in [3.05, 3.63) is 11.4 Å². The molecule has 1 unspecified atom stereocenters. The standard InChI is InChI=1S/C12H20N4O3S/c1-6(2)7(3)14-12(17)10-11(20(13,18)19)9(15-16-10)8-4-5-8/h6-8H,4-5H2,1-3H3,(H,14,17)(H,15,16)(H2,13,18,19). The third-order valence-corrected chi connectivity index (χ3v) is 4.57. The highest BCUT2D eigenvalue weighted by Crippen LogP contribution is 2.42. The summed E-state index contributed by atoms with van der Waals surface area (Å²) < 4.78 is 23.5. The molecular weight excluding hydrogens is 280 g/mol. The molecule has 2 rings (SSSR count). The average molecular weight is 300 g/mol. The van der Waals surface area contributed by atoms with E-state index in [1.165, 1.54) is 0 Å². The van der Waals surface area contributed by atoms with Crippen molar-refractivity contribution in [2.75, 3.05) is 0 Å². The first-order valence-corrected chi connectivity index (χ1v) is 8.18. The van der Waals surface area contributed by atoms with Crippen LogP contribution in [-0.4, -0.2) is 30.6 Å². The molecule has 0 radical (unpaired) electrons. The Balaban J connectivity index is 2.35. The molecule has 1 atom stereocenters. The quantitative estimate of drug-likeness (QED) is 0.742. The summed E-state index contributed by atoms with van der Waals surface area (Å²) in [7, 11) is -3.98. The zero-order chi connectivity index (χ0) is 15.1. The fourth-order valence-electron chi connectivity index (χ4n) is 1.88. The first-order chi connectivity index (χ1) is 9.21. The second-order valence-electron chi connectivity index (χ2n) is 5.64. The van der Waals surface area contributed by atoms with Crippen molar-refractivity contribution in [2.45, 2.75) is 50.5 Å². The number of nitrogens with two attached hydrogens (primary N) is 1. The third-order valence-electron chi connectivity index (χ3n) is 3.59. The molecule has 112 valence electrons. The zero-order valence-electron chi connectivity index (χ0n) is 11.8. The number of H-pyrrole nitrogens is 1. The average Bonchev–Trinajstić information content (AvgIpc) is 3.05. The van der Waals surface area contributed by atoms with Crippen molar-refractivity contribution in [3.8, 4) is 0 Å². The molecule has 0 spiro atoms. The molecule has 0 aliphatic heterocycles. The second-order valence-corrected chi connectivity index (χ2v) is 7.14. The molecule has 1 fully saturated rings. The van der Waals surface area contributed by atoms with Crippen molar-refractivity contribution in [1.82, 2.24) is 15.5 Å². The third kappa shape index (κ3) is 3.01. The lowest BCUT2D eigenvalue weighted by molar-refractivity contribution is 0.0922. The molecule has 1 amide bonds. The summed E-state index contributed by atoms with van der Waals surface area (Å²) in [5, 5.41) is 14.5. The van der Waals surface area contributed by atoms with Gasteiger partial charge < -0.3 is 5.32 Å². The summed E-state index contributed by atoms with van der Waals surface area (Å²) in [5.41, 5.74) is 0.316. The number of carbonyl (C=O) groups is 1. The lowest BCUT2D eigenvalue weighted by atomic mass is 10.1. The summed E-state index contributed by atoms with van der Waals surface area (Å²) in [6.45, 7) is 5.78. The van der Waals surface area contributed by atoms with Gasteiger partial charge in [0.25, 0.3) is 5.91 Å². The van der Waals surface area contributed by atoms with Gasteiger partial charge >= 0.3 is 0 Å². The minimum absolute atomic E-state index is 0.0862. The number of aromatic nitrogens is 2. The van der Waals surface area contributed by atoms with Gasteiger partial charge in [0, 0.05) is 12.0 Å². The number of aromatic amines is 1. The van der Waals surface area contributed by atoms with Crippen LogP contribution in [0.25, 0.3) is 0 Å². The molecule has 1 aromatic rings. The monoisotopic (exact) mass is 300 g/mol. The van der Waals surface area contributed by atoms with Gasteiger partial charge in [-0.1, -0.05) is 13.8 Å². The van der Waals surface area contributed by atoms with Gasteiger partial charge in [-0.25, -0.2) is 13.6 Å². The van der Waals surface area contributed by atoms with E-state index in [1.807, 2.05) is 20.8 Å². The number of hydrogen-bond acceptors (Lipinski definition) is 4. The lowest BCUT2D eigenvalue weighted by Crippen LogP contribution is -2.37. The maximum atomic E-state index is 12.2. The number of nitrogens with zero attached hydrogens (tertiary/aromatic N) is 1. The summed E-state index contributed by atoms with van der Waals surface area (Å²) in [6.07, 6.45) is 1.77. The molecule has 1 aromatic heterocycles. The minimum Gasteiger partial charge on any atom is -0.348 e. The minimum atomic E-state index is -3.98. The van der Waals surface area contributed by atoms with Crippen LogP contribution in [0.4, 0.5) is 0 Å². The van der Waals surface area contributed by atoms with Crippen LogP contribution in [0.3, 0.4) is 0 Å². The van der Waals surface area contributed by atoms with E-state index in [-0.39, 0.29) is 28.5 Å². The van der Waals surface area contributed by atoms with Crippen LogP contribution < -0.4 is 10.5 Å². The first kappa shape index (κ1) is 15.0. The number of primary sulfonamides is 1. The van der Waals surface area contributed by atoms with Crippen molar-refractivity contribution in [2.24, 2.45) is 11.1 Å². The van der Waals surface area contributed by atoms with E-state index < -0.39 is 15.9 Å². The van der Waals surface area contributed by atoms with Crippen molar-refractivity contribution >= 4 is 15.9 Å². The van der Waals surface area contributed by atoms with Gasteiger partial charge in [0.1, 0.15) is 4.90 Å². The highest BCUT2D eigenvalue weighted by Gasteiger charge is 2.36. The molecule has 8 heteroatoms. The Labute approximate surface area is 118 Å². The molecule has 1 aliphatic rings. The molecule has 20 heavy (non-hydrogen) atoms. The van der Waals surface area contributed by atoms with E-state index in [1.54, 1.807) is 0 Å². The van der Waals surface area contributed by atoms with Crippen LogP contribution in [0.15, 0.2) is 4.90 Å². The van der Waals surface area contributed by atoms with E-state index in [4.69, 9.17) is 5.14 Å². The molecule has 0 bridgehead atoms. The predicted molar refractivity (Wildman–Crippen MR) is 73.7 cm³/mol. The fraction of sp³-hybridized carbons (Fsp3) is 0.667. The Hall–Kier alpha value is -1.41. The van der Waals surface area contributed by atoms with E-state index in [0.29, 0.717) is 5.69 Å². The van der Waals surface area contributed by atoms with E-state index in [0.717, 1.165) is 12.8 Å².